The Bertz CT molecular complexity index is 1150. The zero-order valence-corrected chi connectivity index (χ0v) is 19.6. The SMILES string of the molecule is O=C(c1ccc([C@@H]2SCC(=O)N2Cc2ccccc2)cc1)N1CCN(c2ccc(F)cc2)CC1. The average molecular weight is 476 g/mol. The molecule has 2 amide bonds. The Morgan fingerprint density at radius 2 is 1.56 bits per heavy atom. The van der Waals surface area contributed by atoms with E-state index in [-0.39, 0.29) is 23.0 Å². The van der Waals surface area contributed by atoms with Gasteiger partial charge in [-0.25, -0.2) is 4.39 Å². The highest BCUT2D eigenvalue weighted by atomic mass is 32.2. The summed E-state index contributed by atoms with van der Waals surface area (Å²) in [6.07, 6.45) is 0. The number of halogens is 1. The zero-order valence-electron chi connectivity index (χ0n) is 18.8. The number of hydrogen-bond donors (Lipinski definition) is 0. The van der Waals surface area contributed by atoms with Crippen molar-refractivity contribution in [3.8, 4) is 0 Å². The Kier molecular flexibility index (Phi) is 6.54. The normalized spacial score (nSPS) is 18.4. The minimum atomic E-state index is -0.246. The molecule has 2 fully saturated rings. The minimum Gasteiger partial charge on any atom is -0.368 e. The van der Waals surface area contributed by atoms with Gasteiger partial charge in [0.1, 0.15) is 11.2 Å². The number of thioether (sulfide) groups is 1. The summed E-state index contributed by atoms with van der Waals surface area (Å²) in [5, 5.41) is -0.0453. The molecule has 2 aliphatic heterocycles. The molecule has 0 aliphatic carbocycles. The molecule has 2 saturated heterocycles. The van der Waals surface area contributed by atoms with Crippen molar-refractivity contribution in [2.75, 3.05) is 36.8 Å². The van der Waals surface area contributed by atoms with E-state index in [1.165, 1.54) is 12.1 Å². The minimum absolute atomic E-state index is 0.0154. The van der Waals surface area contributed by atoms with Gasteiger partial charge in [0, 0.05) is 44.0 Å². The third-order valence-electron chi connectivity index (χ3n) is 6.37. The molecule has 7 heteroatoms. The van der Waals surface area contributed by atoms with E-state index in [2.05, 4.69) is 4.90 Å². The molecule has 0 saturated carbocycles. The van der Waals surface area contributed by atoms with Crippen LogP contribution in [-0.4, -0.2) is 53.5 Å². The standard InChI is InChI=1S/C27H26FN3O2S/c28-23-10-12-24(13-11-23)29-14-16-30(17-15-29)26(33)21-6-8-22(9-7-21)27-31(25(32)19-34-27)18-20-4-2-1-3-5-20/h1-13,27H,14-19H2/t27-/m0/s1. The molecule has 0 radical (unpaired) electrons. The van der Waals surface area contributed by atoms with Gasteiger partial charge in [0.2, 0.25) is 5.91 Å². The van der Waals surface area contributed by atoms with Crippen LogP contribution in [0, 0.1) is 5.82 Å². The van der Waals surface area contributed by atoms with E-state index in [9.17, 15) is 14.0 Å². The van der Waals surface area contributed by atoms with Gasteiger partial charge in [-0.05, 0) is 47.5 Å². The fourth-order valence-electron chi connectivity index (χ4n) is 4.47. The first kappa shape index (κ1) is 22.5. The molecule has 5 nitrogen and oxygen atoms in total. The Labute approximate surface area is 203 Å². The van der Waals surface area contributed by atoms with Crippen molar-refractivity contribution >= 4 is 29.3 Å². The smallest absolute Gasteiger partial charge is 0.253 e. The van der Waals surface area contributed by atoms with Crippen molar-refractivity contribution in [2.45, 2.75) is 11.9 Å². The van der Waals surface area contributed by atoms with Gasteiger partial charge in [0.15, 0.2) is 0 Å². The number of amides is 2. The Morgan fingerprint density at radius 3 is 2.24 bits per heavy atom. The van der Waals surface area contributed by atoms with Gasteiger partial charge < -0.3 is 14.7 Å². The van der Waals surface area contributed by atoms with Gasteiger partial charge in [0.05, 0.1) is 5.75 Å². The van der Waals surface area contributed by atoms with Gasteiger partial charge in [0.25, 0.3) is 5.91 Å². The maximum Gasteiger partial charge on any atom is 0.253 e. The molecule has 0 bridgehead atoms. The van der Waals surface area contributed by atoms with Gasteiger partial charge >= 0.3 is 0 Å². The molecule has 3 aromatic carbocycles. The van der Waals surface area contributed by atoms with Crippen LogP contribution in [0.5, 0.6) is 0 Å². The second-order valence-electron chi connectivity index (χ2n) is 8.55. The summed E-state index contributed by atoms with van der Waals surface area (Å²) in [7, 11) is 0. The quantitative estimate of drug-likeness (QED) is 0.543. The van der Waals surface area contributed by atoms with Gasteiger partial charge in [-0.15, -0.1) is 11.8 Å². The molecule has 2 heterocycles. The topological polar surface area (TPSA) is 43.9 Å². The second-order valence-corrected chi connectivity index (χ2v) is 9.62. The lowest BCUT2D eigenvalue weighted by atomic mass is 10.1. The second kappa shape index (κ2) is 9.89. The van der Waals surface area contributed by atoms with Crippen LogP contribution in [0.4, 0.5) is 10.1 Å². The molecule has 1 atom stereocenters. The average Bonchev–Trinajstić information content (AvgIpc) is 3.25. The van der Waals surface area contributed by atoms with Crippen LogP contribution in [0.1, 0.15) is 26.9 Å². The summed E-state index contributed by atoms with van der Waals surface area (Å²) < 4.78 is 13.2. The number of carbonyl (C=O) groups excluding carboxylic acids is 2. The van der Waals surface area contributed by atoms with E-state index in [0.717, 1.165) is 16.8 Å². The maximum absolute atomic E-state index is 13.2. The number of benzene rings is 3. The first-order valence-corrected chi connectivity index (χ1v) is 12.5. The van der Waals surface area contributed by atoms with Crippen molar-refractivity contribution in [3.63, 3.8) is 0 Å². The lowest BCUT2D eigenvalue weighted by Gasteiger charge is -2.36. The molecule has 3 aromatic rings. The summed E-state index contributed by atoms with van der Waals surface area (Å²) in [5.41, 5.74) is 3.77. The monoisotopic (exact) mass is 475 g/mol. The lowest BCUT2D eigenvalue weighted by molar-refractivity contribution is -0.128. The molecule has 0 aromatic heterocycles. The molecular weight excluding hydrogens is 449 g/mol. The first-order valence-electron chi connectivity index (χ1n) is 11.4. The van der Waals surface area contributed by atoms with Gasteiger partial charge in [-0.2, -0.15) is 0 Å². The third-order valence-corrected chi connectivity index (χ3v) is 7.62. The summed E-state index contributed by atoms with van der Waals surface area (Å²) in [6, 6.07) is 24.2. The molecule has 34 heavy (non-hydrogen) atoms. The van der Waals surface area contributed by atoms with Gasteiger partial charge in [-0.3, -0.25) is 9.59 Å². The van der Waals surface area contributed by atoms with Crippen LogP contribution in [0.3, 0.4) is 0 Å². The third kappa shape index (κ3) is 4.80. The van der Waals surface area contributed by atoms with Crippen molar-refractivity contribution in [3.05, 3.63) is 101 Å². The first-order chi connectivity index (χ1) is 16.6. The maximum atomic E-state index is 13.2. The van der Waals surface area contributed by atoms with Crippen LogP contribution in [0.15, 0.2) is 78.9 Å². The summed E-state index contributed by atoms with van der Waals surface area (Å²) >= 11 is 1.62. The van der Waals surface area contributed by atoms with Crippen LogP contribution in [0.2, 0.25) is 0 Å². The van der Waals surface area contributed by atoms with Crippen molar-refractivity contribution in [2.24, 2.45) is 0 Å². The number of anilines is 1. The zero-order chi connectivity index (χ0) is 23.5. The highest BCUT2D eigenvalue weighted by Crippen LogP contribution is 2.39. The van der Waals surface area contributed by atoms with E-state index in [1.54, 1.807) is 23.9 Å². The van der Waals surface area contributed by atoms with E-state index >= 15 is 0 Å². The fraction of sp³-hybridized carbons (Fsp3) is 0.259. The predicted octanol–water partition coefficient (Wildman–Crippen LogP) is 4.56. The predicted molar refractivity (Wildman–Crippen MR) is 133 cm³/mol. The molecule has 5 rings (SSSR count). The van der Waals surface area contributed by atoms with Crippen molar-refractivity contribution in [1.29, 1.82) is 0 Å². The van der Waals surface area contributed by atoms with Crippen molar-refractivity contribution < 1.29 is 14.0 Å². The van der Waals surface area contributed by atoms with E-state index < -0.39 is 0 Å². The highest BCUT2D eigenvalue weighted by molar-refractivity contribution is 8.00. The van der Waals surface area contributed by atoms with E-state index in [4.69, 9.17) is 0 Å². The van der Waals surface area contributed by atoms with Crippen molar-refractivity contribution in [1.82, 2.24) is 9.80 Å². The Hall–Kier alpha value is -3.32. The number of nitrogens with zero attached hydrogens (tertiary/aromatic N) is 3. The van der Waals surface area contributed by atoms with Gasteiger partial charge in [-0.1, -0.05) is 42.5 Å². The fourth-order valence-corrected chi connectivity index (χ4v) is 5.66. The van der Waals surface area contributed by atoms with Crippen LogP contribution in [-0.2, 0) is 11.3 Å². The van der Waals surface area contributed by atoms with Crippen LogP contribution >= 0.6 is 11.8 Å². The van der Waals surface area contributed by atoms with E-state index in [1.807, 2.05) is 64.4 Å². The summed E-state index contributed by atoms with van der Waals surface area (Å²) in [4.78, 5) is 31.5. The number of carbonyl (C=O) groups is 2. The molecule has 0 unspecified atom stereocenters. The highest BCUT2D eigenvalue weighted by Gasteiger charge is 2.33. The lowest BCUT2D eigenvalue weighted by Crippen LogP contribution is -2.48. The molecule has 0 N–H and O–H groups in total. The summed E-state index contributed by atoms with van der Waals surface area (Å²) in [6.45, 7) is 3.25. The molecule has 174 valence electrons. The molecule has 2 aliphatic rings. The Balaban J connectivity index is 1.22. The Morgan fingerprint density at radius 1 is 0.882 bits per heavy atom. The number of rotatable bonds is 5. The van der Waals surface area contributed by atoms with Crippen LogP contribution in [0.25, 0.3) is 0 Å². The largest absolute Gasteiger partial charge is 0.368 e. The number of piperazine rings is 1. The van der Waals surface area contributed by atoms with Crippen LogP contribution < -0.4 is 4.90 Å². The summed E-state index contributed by atoms with van der Waals surface area (Å²) in [5.74, 6) is 0.375. The van der Waals surface area contributed by atoms with E-state index in [0.29, 0.717) is 44.0 Å². The molecular formula is C27H26FN3O2S. The molecule has 0 spiro atoms. The number of hydrogen-bond acceptors (Lipinski definition) is 4.